The van der Waals surface area contributed by atoms with E-state index in [2.05, 4.69) is 27.1 Å². The molecule has 0 radical (unpaired) electrons. The largest absolute Gasteiger partial charge is 0.469 e. The Kier molecular flexibility index (Phi) is 6.25. The summed E-state index contributed by atoms with van der Waals surface area (Å²) in [6.45, 7) is 5.84. The Morgan fingerprint density at radius 3 is 2.84 bits per heavy atom. The van der Waals surface area contributed by atoms with Crippen molar-refractivity contribution in [3.05, 3.63) is 35.9 Å². The van der Waals surface area contributed by atoms with Gasteiger partial charge in [0.1, 0.15) is 11.6 Å². The number of hydrogen-bond donors (Lipinski definition) is 2. The summed E-state index contributed by atoms with van der Waals surface area (Å²) >= 11 is 0. The van der Waals surface area contributed by atoms with Crippen LogP contribution in [0.5, 0.6) is 0 Å². The summed E-state index contributed by atoms with van der Waals surface area (Å²) in [5.74, 6) is 2.49. The first kappa shape index (κ1) is 17.7. The Hall–Kier alpha value is -2.12. The second kappa shape index (κ2) is 8.82. The molecule has 7 nitrogen and oxygen atoms in total. The van der Waals surface area contributed by atoms with E-state index < -0.39 is 0 Å². The average molecular weight is 346 g/mol. The third-order valence-electron chi connectivity index (χ3n) is 4.32. The Morgan fingerprint density at radius 2 is 2.16 bits per heavy atom. The van der Waals surface area contributed by atoms with Gasteiger partial charge in [-0.3, -0.25) is 0 Å². The van der Waals surface area contributed by atoms with Crippen LogP contribution in [-0.4, -0.2) is 54.5 Å². The van der Waals surface area contributed by atoms with Gasteiger partial charge in [-0.05, 0) is 18.6 Å². The zero-order valence-corrected chi connectivity index (χ0v) is 14.6. The molecule has 2 N–H and O–H groups in total. The second-order valence-corrected chi connectivity index (χ2v) is 6.21. The molecule has 2 aromatic heterocycles. The number of aromatic nitrogens is 2. The van der Waals surface area contributed by atoms with Gasteiger partial charge in [-0.1, -0.05) is 6.92 Å². The molecule has 2 aromatic rings. The lowest BCUT2D eigenvalue weighted by Crippen LogP contribution is -2.37. The minimum absolute atomic E-state index is 0.0676. The molecular weight excluding hydrogens is 320 g/mol. The Balaban J connectivity index is 1.65. The van der Waals surface area contributed by atoms with Crippen LogP contribution >= 0.6 is 0 Å². The Morgan fingerprint density at radius 1 is 1.32 bits per heavy atom. The predicted octanol–water partition coefficient (Wildman–Crippen LogP) is 1.73. The van der Waals surface area contributed by atoms with Crippen molar-refractivity contribution in [3.63, 3.8) is 0 Å². The van der Waals surface area contributed by atoms with E-state index in [0.29, 0.717) is 26.2 Å². The lowest BCUT2D eigenvalue weighted by atomic mass is 10.1. The van der Waals surface area contributed by atoms with Crippen LogP contribution in [0, 0.1) is 5.92 Å². The second-order valence-electron chi connectivity index (χ2n) is 6.21. The first-order valence-electron chi connectivity index (χ1n) is 8.86. The van der Waals surface area contributed by atoms with Gasteiger partial charge >= 0.3 is 0 Å². The number of nitrogens with one attached hydrogen (secondary N) is 1. The van der Waals surface area contributed by atoms with Crippen LogP contribution in [0.2, 0.25) is 0 Å². The molecule has 136 valence electrons. The monoisotopic (exact) mass is 346 g/mol. The highest BCUT2D eigenvalue weighted by molar-refractivity contribution is 5.44. The molecule has 7 heteroatoms. The van der Waals surface area contributed by atoms with E-state index in [-0.39, 0.29) is 12.5 Å². The number of aliphatic hydroxyl groups is 1. The lowest BCUT2D eigenvalue weighted by Gasteiger charge is -2.27. The van der Waals surface area contributed by atoms with Crippen LogP contribution in [0.4, 0.5) is 11.8 Å². The maximum Gasteiger partial charge on any atom is 0.227 e. The Bertz CT molecular complexity index is 642. The molecule has 0 spiro atoms. The van der Waals surface area contributed by atoms with Gasteiger partial charge in [0.25, 0.3) is 0 Å². The minimum atomic E-state index is 0.0676. The lowest BCUT2D eigenvalue weighted by molar-refractivity contribution is 0.122. The van der Waals surface area contributed by atoms with Crippen LogP contribution in [0.25, 0.3) is 0 Å². The number of morpholine rings is 1. The third-order valence-corrected chi connectivity index (χ3v) is 4.32. The molecule has 3 rings (SSSR count). The summed E-state index contributed by atoms with van der Waals surface area (Å²) in [6.07, 6.45) is 3.20. The number of aryl methyl sites for hydroxylation is 1. The zero-order valence-electron chi connectivity index (χ0n) is 14.6. The maximum atomic E-state index is 9.63. The first-order chi connectivity index (χ1) is 12.3. The van der Waals surface area contributed by atoms with Crippen molar-refractivity contribution < 1.29 is 14.3 Å². The van der Waals surface area contributed by atoms with Crippen LogP contribution < -0.4 is 10.2 Å². The van der Waals surface area contributed by atoms with E-state index in [4.69, 9.17) is 9.15 Å². The summed E-state index contributed by atoms with van der Waals surface area (Å²) in [7, 11) is 0. The van der Waals surface area contributed by atoms with Crippen LogP contribution in [0.1, 0.15) is 18.4 Å². The van der Waals surface area contributed by atoms with Crippen LogP contribution in [-0.2, 0) is 17.6 Å². The molecule has 0 aliphatic carbocycles. The van der Waals surface area contributed by atoms with Gasteiger partial charge in [0, 0.05) is 50.3 Å². The van der Waals surface area contributed by atoms with E-state index in [1.807, 2.05) is 18.2 Å². The summed E-state index contributed by atoms with van der Waals surface area (Å²) in [6, 6.07) is 5.77. The SMILES string of the molecule is CCc1cc(NCC(CO)Cc2ccco2)nc(N2CCOCC2)n1. The molecule has 1 fully saturated rings. The van der Waals surface area contributed by atoms with E-state index >= 15 is 0 Å². The molecule has 3 heterocycles. The molecule has 1 atom stereocenters. The molecule has 0 bridgehead atoms. The predicted molar refractivity (Wildman–Crippen MR) is 95.9 cm³/mol. The summed E-state index contributed by atoms with van der Waals surface area (Å²) in [5, 5.41) is 13.0. The fraction of sp³-hybridized carbons (Fsp3) is 0.556. The van der Waals surface area contributed by atoms with Crippen molar-refractivity contribution in [3.8, 4) is 0 Å². The molecule has 1 unspecified atom stereocenters. The smallest absolute Gasteiger partial charge is 0.227 e. The third kappa shape index (κ3) is 4.93. The molecular formula is C18H26N4O3. The van der Waals surface area contributed by atoms with Crippen molar-refractivity contribution in [1.82, 2.24) is 9.97 Å². The molecule has 1 saturated heterocycles. The highest BCUT2D eigenvalue weighted by Crippen LogP contribution is 2.17. The fourth-order valence-electron chi connectivity index (χ4n) is 2.82. The van der Waals surface area contributed by atoms with Gasteiger partial charge in [-0.25, -0.2) is 4.98 Å². The number of rotatable bonds is 8. The van der Waals surface area contributed by atoms with Gasteiger partial charge in [0.2, 0.25) is 5.95 Å². The van der Waals surface area contributed by atoms with E-state index in [1.165, 1.54) is 0 Å². The standard InChI is InChI=1S/C18H26N4O3/c1-2-15-11-17(21-18(20-15)22-5-8-24-9-6-22)19-12-14(13-23)10-16-4-3-7-25-16/h3-4,7,11,14,23H,2,5-6,8-10,12-13H2,1H3,(H,19,20,21). The van der Waals surface area contributed by atoms with Crippen molar-refractivity contribution in [1.29, 1.82) is 0 Å². The van der Waals surface area contributed by atoms with E-state index in [1.54, 1.807) is 6.26 Å². The molecule has 1 aliphatic heterocycles. The number of ether oxygens (including phenoxy) is 1. The van der Waals surface area contributed by atoms with Crippen molar-refractivity contribution in [2.24, 2.45) is 5.92 Å². The van der Waals surface area contributed by atoms with Gasteiger partial charge in [0.05, 0.1) is 19.5 Å². The van der Waals surface area contributed by atoms with Gasteiger partial charge < -0.3 is 24.5 Å². The van der Waals surface area contributed by atoms with Crippen LogP contribution in [0.15, 0.2) is 28.9 Å². The van der Waals surface area contributed by atoms with Gasteiger partial charge in [-0.2, -0.15) is 4.98 Å². The molecule has 0 saturated carbocycles. The average Bonchev–Trinajstić information content (AvgIpc) is 3.18. The quantitative estimate of drug-likeness (QED) is 0.753. The highest BCUT2D eigenvalue weighted by atomic mass is 16.5. The molecule has 0 aromatic carbocycles. The molecule has 0 amide bonds. The minimum Gasteiger partial charge on any atom is -0.469 e. The van der Waals surface area contributed by atoms with Crippen molar-refractivity contribution in [2.45, 2.75) is 19.8 Å². The topological polar surface area (TPSA) is 83.7 Å². The van der Waals surface area contributed by atoms with Gasteiger partial charge in [-0.15, -0.1) is 0 Å². The molecule has 25 heavy (non-hydrogen) atoms. The normalized spacial score (nSPS) is 16.0. The van der Waals surface area contributed by atoms with E-state index in [0.717, 1.165) is 42.7 Å². The number of hydrogen-bond acceptors (Lipinski definition) is 7. The van der Waals surface area contributed by atoms with Crippen LogP contribution in [0.3, 0.4) is 0 Å². The maximum absolute atomic E-state index is 9.63. The molecule has 1 aliphatic rings. The van der Waals surface area contributed by atoms with Crippen molar-refractivity contribution >= 4 is 11.8 Å². The summed E-state index contributed by atoms with van der Waals surface area (Å²) in [5.41, 5.74) is 1.01. The van der Waals surface area contributed by atoms with Gasteiger partial charge in [0.15, 0.2) is 0 Å². The summed E-state index contributed by atoms with van der Waals surface area (Å²) < 4.78 is 10.8. The zero-order chi connectivity index (χ0) is 17.5. The summed E-state index contributed by atoms with van der Waals surface area (Å²) in [4.78, 5) is 11.4. The highest BCUT2D eigenvalue weighted by Gasteiger charge is 2.16. The first-order valence-corrected chi connectivity index (χ1v) is 8.86. The van der Waals surface area contributed by atoms with Crippen molar-refractivity contribution in [2.75, 3.05) is 49.7 Å². The van der Waals surface area contributed by atoms with E-state index in [9.17, 15) is 5.11 Å². The number of furan rings is 1. The Labute approximate surface area is 148 Å². The number of anilines is 2. The number of nitrogens with zero attached hydrogens (tertiary/aromatic N) is 3. The number of aliphatic hydroxyl groups excluding tert-OH is 1. The fourth-order valence-corrected chi connectivity index (χ4v) is 2.82.